The molecule has 6 nitrogen and oxygen atoms in total. The molecular weight excluding hydrogens is 322 g/mol. The van der Waals surface area contributed by atoms with Gasteiger partial charge in [0.25, 0.3) is 0 Å². The summed E-state index contributed by atoms with van der Waals surface area (Å²) in [5.74, 6) is -0.968. The van der Waals surface area contributed by atoms with Gasteiger partial charge in [0.05, 0.1) is 38.0 Å². The van der Waals surface area contributed by atoms with E-state index in [1.165, 1.54) is 0 Å². The molecule has 132 valence electrons. The molecule has 0 radical (unpaired) electrons. The number of rotatable bonds is 5. The maximum absolute atomic E-state index is 13.2. The average Bonchev–Trinajstić information content (AvgIpc) is 3.28. The van der Waals surface area contributed by atoms with E-state index in [1.54, 1.807) is 12.0 Å². The lowest BCUT2D eigenvalue weighted by Gasteiger charge is -2.23. The van der Waals surface area contributed by atoms with Crippen LogP contribution in [-0.2, 0) is 19.1 Å². The minimum Gasteiger partial charge on any atom is -0.495 e. The number of esters is 1. The Morgan fingerprint density at radius 1 is 1.40 bits per heavy atom. The smallest absolute Gasteiger partial charge is 0.312 e. The van der Waals surface area contributed by atoms with Crippen molar-refractivity contribution >= 4 is 17.6 Å². The highest BCUT2D eigenvalue weighted by Crippen LogP contribution is 2.53. The third kappa shape index (κ3) is 2.28. The van der Waals surface area contributed by atoms with Crippen LogP contribution in [-0.4, -0.2) is 43.8 Å². The fourth-order valence-corrected chi connectivity index (χ4v) is 4.12. The lowest BCUT2D eigenvalue weighted by molar-refractivity contribution is -0.152. The van der Waals surface area contributed by atoms with Crippen LogP contribution in [0, 0.1) is 11.8 Å². The first kappa shape index (κ1) is 16.1. The van der Waals surface area contributed by atoms with Crippen LogP contribution in [0.4, 0.5) is 5.69 Å². The van der Waals surface area contributed by atoms with Crippen molar-refractivity contribution in [3.8, 4) is 5.75 Å². The zero-order chi connectivity index (χ0) is 17.6. The summed E-state index contributed by atoms with van der Waals surface area (Å²) in [4.78, 5) is 27.4. The van der Waals surface area contributed by atoms with Crippen molar-refractivity contribution in [2.24, 2.45) is 11.8 Å². The predicted octanol–water partition coefficient (Wildman–Crippen LogP) is 1.93. The molecule has 3 heterocycles. The fourth-order valence-electron chi connectivity index (χ4n) is 4.12. The second-order valence-electron chi connectivity index (χ2n) is 6.66. The summed E-state index contributed by atoms with van der Waals surface area (Å²) in [6.45, 7) is 2.67. The number of carbonyl (C=O) groups is 2. The summed E-state index contributed by atoms with van der Waals surface area (Å²) in [5, 5.41) is 0. The zero-order valence-corrected chi connectivity index (χ0v) is 14.3. The number of benzene rings is 1. The molecular formula is C19H21NO5. The molecule has 1 amide bonds. The van der Waals surface area contributed by atoms with Gasteiger partial charge in [-0.05, 0) is 18.6 Å². The molecule has 3 aliphatic heterocycles. The summed E-state index contributed by atoms with van der Waals surface area (Å²) in [7, 11) is 1.57. The summed E-state index contributed by atoms with van der Waals surface area (Å²) in [5.41, 5.74) is -0.0571. The maximum atomic E-state index is 13.2. The van der Waals surface area contributed by atoms with Gasteiger partial charge in [0, 0.05) is 0 Å². The standard InChI is InChI=1S/C19H21NO5/c1-3-10-24-18(22)15-14-8-9-19(25-14)11-20(17(21)16(15)19)12-6-4-5-7-13(12)23-2/h4-9,14-16H,3,10-11H2,1-2H3/t14-,15-,16-,19+/m0/s1. The Bertz CT molecular complexity index is 745. The first-order valence-corrected chi connectivity index (χ1v) is 8.59. The number of nitrogens with zero attached hydrogens (tertiary/aromatic N) is 1. The van der Waals surface area contributed by atoms with Crippen molar-refractivity contribution in [2.45, 2.75) is 25.0 Å². The Morgan fingerprint density at radius 3 is 2.96 bits per heavy atom. The Labute approximate surface area is 146 Å². The van der Waals surface area contributed by atoms with Crippen LogP contribution in [0.2, 0.25) is 0 Å². The van der Waals surface area contributed by atoms with Gasteiger partial charge in [-0.2, -0.15) is 0 Å². The van der Waals surface area contributed by atoms with Crippen LogP contribution in [0.5, 0.6) is 5.75 Å². The number of ether oxygens (including phenoxy) is 3. The van der Waals surface area contributed by atoms with Gasteiger partial charge in [-0.3, -0.25) is 9.59 Å². The number of hydrogen-bond donors (Lipinski definition) is 0. The van der Waals surface area contributed by atoms with Gasteiger partial charge in [0.15, 0.2) is 0 Å². The van der Waals surface area contributed by atoms with Crippen molar-refractivity contribution < 1.29 is 23.8 Å². The van der Waals surface area contributed by atoms with Crippen LogP contribution >= 0.6 is 0 Å². The Morgan fingerprint density at radius 2 is 2.20 bits per heavy atom. The number of fused-ring (bicyclic) bond motifs is 1. The van der Waals surface area contributed by atoms with Crippen LogP contribution in [0.25, 0.3) is 0 Å². The molecule has 0 aliphatic carbocycles. The van der Waals surface area contributed by atoms with Crippen LogP contribution < -0.4 is 9.64 Å². The van der Waals surface area contributed by atoms with Gasteiger partial charge in [-0.15, -0.1) is 0 Å². The van der Waals surface area contributed by atoms with Crippen LogP contribution in [0.1, 0.15) is 13.3 Å². The van der Waals surface area contributed by atoms with Gasteiger partial charge >= 0.3 is 5.97 Å². The summed E-state index contributed by atoms with van der Waals surface area (Å²) < 4.78 is 16.8. The van der Waals surface area contributed by atoms with E-state index < -0.39 is 17.4 Å². The quantitative estimate of drug-likeness (QED) is 0.604. The van der Waals surface area contributed by atoms with Crippen LogP contribution in [0.15, 0.2) is 36.4 Å². The summed E-state index contributed by atoms with van der Waals surface area (Å²) in [6, 6.07) is 7.37. The summed E-state index contributed by atoms with van der Waals surface area (Å²) >= 11 is 0. The second-order valence-corrected chi connectivity index (χ2v) is 6.66. The van der Waals surface area contributed by atoms with Crippen molar-refractivity contribution in [3.63, 3.8) is 0 Å². The number of para-hydroxylation sites is 2. The van der Waals surface area contributed by atoms with E-state index >= 15 is 0 Å². The highest BCUT2D eigenvalue weighted by molar-refractivity contribution is 6.03. The Hall–Kier alpha value is -2.34. The molecule has 3 aliphatic rings. The van der Waals surface area contributed by atoms with Crippen molar-refractivity contribution in [3.05, 3.63) is 36.4 Å². The highest BCUT2D eigenvalue weighted by atomic mass is 16.6. The van der Waals surface area contributed by atoms with Crippen LogP contribution in [0.3, 0.4) is 0 Å². The second kappa shape index (κ2) is 5.88. The molecule has 1 spiro atoms. The molecule has 6 heteroatoms. The molecule has 0 aromatic heterocycles. The molecule has 2 bridgehead atoms. The SMILES string of the molecule is CCCOC(=O)[C@H]1[C@@H]2C=C[C@]3(CN(c4ccccc4OC)C(=O)[C@H]13)O2. The molecule has 0 saturated carbocycles. The number of anilines is 1. The molecule has 2 saturated heterocycles. The van der Waals surface area contributed by atoms with E-state index in [1.807, 2.05) is 43.3 Å². The highest BCUT2D eigenvalue weighted by Gasteiger charge is 2.67. The topological polar surface area (TPSA) is 65.1 Å². The lowest BCUT2D eigenvalue weighted by Crippen LogP contribution is -2.40. The van der Waals surface area contributed by atoms with Gasteiger partial charge in [-0.1, -0.05) is 31.2 Å². The first-order valence-electron chi connectivity index (χ1n) is 8.59. The first-order chi connectivity index (χ1) is 12.1. The molecule has 1 aromatic rings. The third-order valence-electron chi connectivity index (χ3n) is 5.20. The average molecular weight is 343 g/mol. The minimum absolute atomic E-state index is 0.116. The lowest BCUT2D eigenvalue weighted by atomic mass is 9.77. The Balaban J connectivity index is 1.67. The number of carbonyl (C=O) groups excluding carboxylic acids is 2. The van der Waals surface area contributed by atoms with Gasteiger partial charge < -0.3 is 19.1 Å². The third-order valence-corrected chi connectivity index (χ3v) is 5.20. The molecule has 1 aromatic carbocycles. The van der Waals surface area contributed by atoms with E-state index in [9.17, 15) is 9.59 Å². The number of methoxy groups -OCH3 is 1. The molecule has 4 atom stereocenters. The number of amides is 1. The van der Waals surface area contributed by atoms with E-state index in [0.717, 1.165) is 6.42 Å². The number of hydrogen-bond acceptors (Lipinski definition) is 5. The maximum Gasteiger partial charge on any atom is 0.312 e. The van der Waals surface area contributed by atoms with Crippen molar-refractivity contribution in [1.82, 2.24) is 0 Å². The molecule has 0 unspecified atom stereocenters. The normalized spacial score (nSPS) is 32.2. The fraction of sp³-hybridized carbons (Fsp3) is 0.474. The van der Waals surface area contributed by atoms with Crippen molar-refractivity contribution in [2.75, 3.05) is 25.2 Å². The van der Waals surface area contributed by atoms with Gasteiger partial charge in [-0.25, -0.2) is 0 Å². The molecule has 0 N–H and O–H groups in total. The molecule has 25 heavy (non-hydrogen) atoms. The van der Waals surface area contributed by atoms with E-state index in [2.05, 4.69) is 0 Å². The van der Waals surface area contributed by atoms with E-state index in [4.69, 9.17) is 14.2 Å². The van der Waals surface area contributed by atoms with Gasteiger partial charge in [0.1, 0.15) is 17.3 Å². The minimum atomic E-state index is -0.751. The molecule has 2 fully saturated rings. The van der Waals surface area contributed by atoms with Crippen molar-refractivity contribution in [1.29, 1.82) is 0 Å². The molecule has 4 rings (SSSR count). The Kier molecular flexibility index (Phi) is 3.80. The largest absolute Gasteiger partial charge is 0.495 e. The van der Waals surface area contributed by atoms with E-state index in [0.29, 0.717) is 24.6 Å². The van der Waals surface area contributed by atoms with Gasteiger partial charge in [0.2, 0.25) is 5.91 Å². The monoisotopic (exact) mass is 343 g/mol. The summed E-state index contributed by atoms with van der Waals surface area (Å²) in [6.07, 6.45) is 4.18. The zero-order valence-electron chi connectivity index (χ0n) is 14.3. The van der Waals surface area contributed by atoms with E-state index in [-0.39, 0.29) is 18.0 Å². The predicted molar refractivity (Wildman–Crippen MR) is 90.3 cm³/mol.